The zero-order valence-electron chi connectivity index (χ0n) is 41.2. The summed E-state index contributed by atoms with van der Waals surface area (Å²) < 4.78 is 42.1. The van der Waals surface area contributed by atoms with E-state index in [1.54, 1.807) is 83.1 Å². The molecule has 2 aromatic carbocycles. The highest BCUT2D eigenvalue weighted by Crippen LogP contribution is 2.64. The van der Waals surface area contributed by atoms with Gasteiger partial charge in [0, 0.05) is 31.1 Å². The third-order valence-electron chi connectivity index (χ3n) is 15.0. The molecule has 13 atom stereocenters. The first kappa shape index (κ1) is 52.3. The maximum Gasteiger partial charge on any atom is 0.408 e. The SMILES string of the molecule is CC(=O)O[C@@]12CO[C@@H]1C[C@H](O)[C@@]1(C)C(=O)[C@H](O)C3=C(C)[C@@H](OC(=O)[C@H](OC(=O)C4CCC(C(=O)C(C)C)O4)[C@@H](NC(=O)OC(C)(C)C)c4ccccc4)C[C@@](O)([C@@H](OC(=O)c4ccccc4)[C@H]21)C3(C)C. The predicted molar refractivity (Wildman–Crippen MR) is 245 cm³/mol. The number of amides is 1. The summed E-state index contributed by atoms with van der Waals surface area (Å²) in [6, 6.07) is 14.3. The number of aliphatic hydroxyl groups excluding tert-OH is 2. The molecule has 4 fully saturated rings. The highest BCUT2D eigenvalue weighted by atomic mass is 16.6. The van der Waals surface area contributed by atoms with Crippen LogP contribution in [0.25, 0.3) is 0 Å². The molecule has 2 heterocycles. The van der Waals surface area contributed by atoms with E-state index in [2.05, 4.69) is 5.32 Å². The molecule has 2 aromatic rings. The molecule has 0 spiro atoms. The van der Waals surface area contributed by atoms with Gasteiger partial charge < -0.3 is 53.8 Å². The van der Waals surface area contributed by atoms with Gasteiger partial charge >= 0.3 is 30.0 Å². The molecule has 5 aliphatic rings. The molecular weight excluding hydrogens is 911 g/mol. The van der Waals surface area contributed by atoms with Crippen LogP contribution in [-0.4, -0.2) is 129 Å². The van der Waals surface area contributed by atoms with Gasteiger partial charge in [-0.1, -0.05) is 76.2 Å². The van der Waals surface area contributed by atoms with Crippen molar-refractivity contribution < 1.29 is 82.0 Å². The first-order chi connectivity index (χ1) is 32.7. The largest absolute Gasteiger partial charge is 0.455 e. The van der Waals surface area contributed by atoms with Crippen LogP contribution in [-0.2, 0) is 57.1 Å². The Balaban J connectivity index is 1.36. The quantitative estimate of drug-likeness (QED) is 0.129. The van der Waals surface area contributed by atoms with Crippen molar-refractivity contribution in [2.24, 2.45) is 22.7 Å². The van der Waals surface area contributed by atoms with Crippen LogP contribution in [0.5, 0.6) is 0 Å². The van der Waals surface area contributed by atoms with Gasteiger partial charge in [0.1, 0.15) is 47.8 Å². The molecule has 7 rings (SSSR count). The van der Waals surface area contributed by atoms with Crippen LogP contribution in [0.2, 0.25) is 0 Å². The maximum atomic E-state index is 15.2. The Morgan fingerprint density at radius 1 is 0.886 bits per heavy atom. The van der Waals surface area contributed by atoms with Crippen LogP contribution in [0, 0.1) is 22.7 Å². The molecular formula is C52H65NO17. The topological polar surface area (TPSA) is 257 Å². The minimum atomic E-state index is -2.45. The molecule has 70 heavy (non-hydrogen) atoms. The number of carbonyl (C=O) groups excluding carboxylic acids is 7. The molecule has 4 N–H and O–H groups in total. The third-order valence-corrected chi connectivity index (χ3v) is 15.0. The third kappa shape index (κ3) is 9.28. The van der Waals surface area contributed by atoms with Crippen LogP contribution < -0.4 is 5.32 Å². The van der Waals surface area contributed by atoms with Crippen molar-refractivity contribution in [3.8, 4) is 0 Å². The lowest BCUT2D eigenvalue weighted by atomic mass is 9.44. The van der Waals surface area contributed by atoms with E-state index in [0.717, 1.165) is 6.92 Å². The summed E-state index contributed by atoms with van der Waals surface area (Å²) in [6.45, 7) is 15.0. The zero-order valence-corrected chi connectivity index (χ0v) is 41.2. The van der Waals surface area contributed by atoms with Gasteiger partial charge in [-0.05, 0) is 76.3 Å². The van der Waals surface area contributed by atoms with Gasteiger partial charge in [0.05, 0.1) is 29.6 Å². The molecule has 0 aromatic heterocycles. The van der Waals surface area contributed by atoms with Gasteiger partial charge in [0.25, 0.3) is 0 Å². The van der Waals surface area contributed by atoms with E-state index in [4.69, 9.17) is 33.2 Å². The van der Waals surface area contributed by atoms with Crippen LogP contribution >= 0.6 is 0 Å². The van der Waals surface area contributed by atoms with Crippen molar-refractivity contribution in [2.45, 2.75) is 167 Å². The molecule has 2 aliphatic heterocycles. The Labute approximate surface area is 406 Å². The van der Waals surface area contributed by atoms with E-state index in [-0.39, 0.29) is 53.9 Å². The summed E-state index contributed by atoms with van der Waals surface area (Å²) in [6.07, 6.45) is -14.0. The number of aliphatic hydroxyl groups is 3. The zero-order chi connectivity index (χ0) is 51.5. The monoisotopic (exact) mass is 975 g/mol. The summed E-state index contributed by atoms with van der Waals surface area (Å²) in [5.74, 6) is -7.24. The molecule has 2 unspecified atom stereocenters. The Bertz CT molecular complexity index is 2410. The number of fused-ring (bicyclic) bond motifs is 5. The summed E-state index contributed by atoms with van der Waals surface area (Å²) >= 11 is 0. The summed E-state index contributed by atoms with van der Waals surface area (Å²) in [5, 5.41) is 40.9. The number of benzene rings is 2. The molecule has 2 saturated heterocycles. The summed E-state index contributed by atoms with van der Waals surface area (Å²) in [5.41, 5.74) is -8.77. The first-order valence-corrected chi connectivity index (χ1v) is 23.7. The lowest BCUT2D eigenvalue weighted by Crippen LogP contribution is -2.81. The maximum absolute atomic E-state index is 15.2. The lowest BCUT2D eigenvalue weighted by molar-refractivity contribution is -0.346. The second-order valence-electron chi connectivity index (χ2n) is 21.2. The van der Waals surface area contributed by atoms with Gasteiger partial charge in [0.15, 0.2) is 23.3 Å². The van der Waals surface area contributed by atoms with E-state index in [1.807, 2.05) is 0 Å². The Morgan fingerprint density at radius 3 is 2.07 bits per heavy atom. The normalized spacial score (nSPS) is 33.1. The fourth-order valence-electron chi connectivity index (χ4n) is 11.3. The molecule has 2 saturated carbocycles. The predicted octanol–water partition coefficient (Wildman–Crippen LogP) is 4.58. The molecule has 18 nitrogen and oxygen atoms in total. The fraction of sp³-hybridized carbons (Fsp3) is 0.596. The van der Waals surface area contributed by atoms with Gasteiger partial charge in [-0.2, -0.15) is 0 Å². The van der Waals surface area contributed by atoms with Crippen LogP contribution in [0.1, 0.15) is 117 Å². The van der Waals surface area contributed by atoms with Crippen LogP contribution in [0.3, 0.4) is 0 Å². The smallest absolute Gasteiger partial charge is 0.408 e. The van der Waals surface area contributed by atoms with E-state index < -0.39 is 137 Å². The number of rotatable bonds is 12. The molecule has 0 radical (unpaired) electrons. The van der Waals surface area contributed by atoms with Crippen molar-refractivity contribution in [1.82, 2.24) is 5.32 Å². The molecule has 18 heteroatoms. The highest BCUT2D eigenvalue weighted by molar-refractivity contribution is 5.94. The van der Waals surface area contributed by atoms with Gasteiger partial charge in [-0.25, -0.2) is 19.2 Å². The second-order valence-corrected chi connectivity index (χ2v) is 21.2. The number of hydrogen-bond donors (Lipinski definition) is 4. The Morgan fingerprint density at radius 2 is 1.50 bits per heavy atom. The fourth-order valence-corrected chi connectivity index (χ4v) is 11.3. The number of esters is 4. The highest BCUT2D eigenvalue weighted by Gasteiger charge is 2.78. The lowest BCUT2D eigenvalue weighted by Gasteiger charge is -2.67. The number of ether oxygens (including phenoxy) is 7. The van der Waals surface area contributed by atoms with Gasteiger partial charge in [-0.15, -0.1) is 0 Å². The molecule has 2 bridgehead atoms. The average molecular weight is 976 g/mol. The number of nitrogens with one attached hydrogen (secondary N) is 1. The van der Waals surface area contributed by atoms with Crippen LogP contribution in [0.15, 0.2) is 71.8 Å². The second kappa shape index (κ2) is 19.2. The van der Waals surface area contributed by atoms with E-state index in [1.165, 1.54) is 39.8 Å². The van der Waals surface area contributed by atoms with Crippen molar-refractivity contribution in [3.05, 3.63) is 82.9 Å². The van der Waals surface area contributed by atoms with E-state index in [0.29, 0.717) is 0 Å². The standard InChI is InChI=1S/C52H65NO17/c1-26(2)38(56)31-21-22-32(65-31)45(60)67-40(37(29-17-13-11-14-18-29)53-47(62)70-48(5,6)7)46(61)66-33-24-52(63)43(68-44(59)30-19-15-12-16-20-30)41-50(10,42(58)39(57)36(27(33)3)49(52,8)9)34(55)23-35-51(41,25-64-35)69-28(4)54/h11-20,26,31-35,37,39-41,43,55,57,63H,21-25H2,1-10H3,(H,53,62)/t31?,32?,33-,34-,35+,37-,39+,40+,41-,43-,50+,51-,52+/m0/s1. The number of hydrogen-bond acceptors (Lipinski definition) is 17. The van der Waals surface area contributed by atoms with Crippen LogP contribution in [0.4, 0.5) is 4.79 Å². The summed E-state index contributed by atoms with van der Waals surface area (Å²) in [4.78, 5) is 98.4. The van der Waals surface area contributed by atoms with Crippen molar-refractivity contribution >= 4 is 41.5 Å². The summed E-state index contributed by atoms with van der Waals surface area (Å²) in [7, 11) is 0. The number of alkyl carbamates (subject to hydrolysis) is 1. The van der Waals surface area contributed by atoms with Crippen molar-refractivity contribution in [2.75, 3.05) is 6.61 Å². The van der Waals surface area contributed by atoms with Crippen molar-refractivity contribution in [1.29, 1.82) is 0 Å². The average Bonchev–Trinajstić information content (AvgIpc) is 3.79. The van der Waals surface area contributed by atoms with E-state index in [9.17, 15) is 39.3 Å². The number of carbonyl (C=O) groups is 7. The van der Waals surface area contributed by atoms with Gasteiger partial charge in [0.2, 0.25) is 6.10 Å². The molecule has 1 amide bonds. The van der Waals surface area contributed by atoms with Gasteiger partial charge in [-0.3, -0.25) is 14.4 Å². The Kier molecular flexibility index (Phi) is 14.4. The number of ketones is 2. The molecule has 380 valence electrons. The Hall–Kier alpha value is -5.53. The van der Waals surface area contributed by atoms with Crippen molar-refractivity contribution in [3.63, 3.8) is 0 Å². The minimum Gasteiger partial charge on any atom is -0.455 e. The first-order valence-electron chi connectivity index (χ1n) is 23.7. The van der Waals surface area contributed by atoms with E-state index >= 15 is 9.59 Å². The minimum absolute atomic E-state index is 0.0456. The molecule has 3 aliphatic carbocycles. The number of Topliss-reactive ketones (excluding diaryl/α,β-unsaturated/α-hetero) is 2.